The van der Waals surface area contributed by atoms with E-state index < -0.39 is 5.97 Å². The van der Waals surface area contributed by atoms with Crippen molar-refractivity contribution < 1.29 is 28.5 Å². The zero-order valence-electron chi connectivity index (χ0n) is 18.0. The Morgan fingerprint density at radius 3 is 2.33 bits per heavy atom. The predicted molar refractivity (Wildman–Crippen MR) is 114 cm³/mol. The topological polar surface area (TPSA) is 83.1 Å². The first-order valence-electron chi connectivity index (χ1n) is 9.45. The second-order valence-electron chi connectivity index (χ2n) is 7.02. The molecule has 0 saturated carbocycles. The number of carbonyl (C=O) groups is 2. The number of fused-ring (bicyclic) bond motifs is 1. The fraction of sp³-hybridized carbons (Fsp3) is 0.304. The number of hydrogen-bond donors (Lipinski definition) is 1. The largest absolute Gasteiger partial charge is 0.493 e. The van der Waals surface area contributed by atoms with Crippen molar-refractivity contribution >= 4 is 23.6 Å². The van der Waals surface area contributed by atoms with E-state index in [0.717, 1.165) is 22.3 Å². The van der Waals surface area contributed by atoms with E-state index in [2.05, 4.69) is 5.32 Å². The third-order valence-electron chi connectivity index (χ3n) is 5.10. The number of benzene rings is 2. The number of anilines is 1. The smallest absolute Gasteiger partial charge is 0.308 e. The zero-order valence-corrected chi connectivity index (χ0v) is 18.0. The summed E-state index contributed by atoms with van der Waals surface area (Å²) in [4.78, 5) is 24.4. The van der Waals surface area contributed by atoms with Crippen LogP contribution in [-0.4, -0.2) is 32.7 Å². The first-order chi connectivity index (χ1) is 14.3. The molecule has 0 unspecified atom stereocenters. The van der Waals surface area contributed by atoms with Gasteiger partial charge in [0.05, 0.1) is 19.8 Å². The van der Waals surface area contributed by atoms with E-state index in [0.29, 0.717) is 34.3 Å². The van der Waals surface area contributed by atoms with Gasteiger partial charge in [-0.2, -0.15) is 0 Å². The number of methoxy groups -OCH3 is 2. The van der Waals surface area contributed by atoms with Crippen LogP contribution in [0, 0.1) is 20.8 Å². The molecule has 1 amide bonds. The minimum Gasteiger partial charge on any atom is -0.493 e. The summed E-state index contributed by atoms with van der Waals surface area (Å²) in [6, 6.07) is 5.14. The number of hydrogen-bond acceptors (Lipinski definition) is 6. The fourth-order valence-corrected chi connectivity index (χ4v) is 3.40. The SMILES string of the molecule is COc1ccc(NC(=O)C2=Cc3c(C)c(OC(C)=O)c(C)c(C)c3OC2)cc1OC. The molecule has 1 N–H and O–H groups in total. The van der Waals surface area contributed by atoms with Gasteiger partial charge >= 0.3 is 5.97 Å². The van der Waals surface area contributed by atoms with Crippen LogP contribution in [0.3, 0.4) is 0 Å². The minimum absolute atomic E-state index is 0.138. The molecule has 2 aromatic carbocycles. The molecule has 0 atom stereocenters. The summed E-state index contributed by atoms with van der Waals surface area (Å²) in [7, 11) is 3.08. The van der Waals surface area contributed by atoms with Crippen LogP contribution in [0.25, 0.3) is 6.08 Å². The summed E-state index contributed by atoms with van der Waals surface area (Å²) in [6.45, 7) is 7.13. The molecule has 7 heteroatoms. The zero-order chi connectivity index (χ0) is 22.0. The lowest BCUT2D eigenvalue weighted by atomic mass is 9.94. The molecular formula is C23H25NO6. The standard InChI is InChI=1S/C23H25NO6/c1-12-13(2)22-18(14(3)21(12)30-15(4)25)9-16(11-29-22)23(26)24-17-7-8-19(27-5)20(10-17)28-6/h7-10H,11H2,1-6H3,(H,24,26). The first-order valence-corrected chi connectivity index (χ1v) is 9.45. The van der Waals surface area contributed by atoms with Gasteiger partial charge in [0.25, 0.3) is 5.91 Å². The normalized spacial score (nSPS) is 12.3. The average molecular weight is 411 g/mol. The highest BCUT2D eigenvalue weighted by Crippen LogP contribution is 2.41. The lowest BCUT2D eigenvalue weighted by molar-refractivity contribution is -0.132. The molecule has 0 saturated heterocycles. The quantitative estimate of drug-likeness (QED) is 0.592. The van der Waals surface area contributed by atoms with Crippen molar-refractivity contribution in [3.63, 3.8) is 0 Å². The van der Waals surface area contributed by atoms with Crippen LogP contribution in [0.2, 0.25) is 0 Å². The van der Waals surface area contributed by atoms with Crippen molar-refractivity contribution in [1.29, 1.82) is 0 Å². The molecule has 1 aliphatic rings. The molecule has 158 valence electrons. The average Bonchev–Trinajstić information content (AvgIpc) is 2.74. The van der Waals surface area contributed by atoms with Crippen molar-refractivity contribution in [2.24, 2.45) is 0 Å². The molecule has 7 nitrogen and oxygen atoms in total. The maximum absolute atomic E-state index is 12.8. The molecule has 0 fully saturated rings. The van der Waals surface area contributed by atoms with Crippen molar-refractivity contribution in [2.75, 3.05) is 26.1 Å². The molecule has 1 aliphatic heterocycles. The van der Waals surface area contributed by atoms with Crippen molar-refractivity contribution in [2.45, 2.75) is 27.7 Å². The monoisotopic (exact) mass is 411 g/mol. The van der Waals surface area contributed by atoms with Crippen LogP contribution in [0.1, 0.15) is 29.2 Å². The predicted octanol–water partition coefficient (Wildman–Crippen LogP) is 3.97. The number of rotatable bonds is 5. The highest BCUT2D eigenvalue weighted by atomic mass is 16.5. The van der Waals surface area contributed by atoms with Gasteiger partial charge in [-0.3, -0.25) is 9.59 Å². The van der Waals surface area contributed by atoms with Crippen LogP contribution >= 0.6 is 0 Å². The Bertz CT molecular complexity index is 1050. The maximum Gasteiger partial charge on any atom is 0.308 e. The van der Waals surface area contributed by atoms with Crippen LogP contribution < -0.4 is 24.3 Å². The summed E-state index contributed by atoms with van der Waals surface area (Å²) in [6.07, 6.45) is 1.78. The second kappa shape index (κ2) is 8.49. The van der Waals surface area contributed by atoms with E-state index in [-0.39, 0.29) is 12.5 Å². The summed E-state index contributed by atoms with van der Waals surface area (Å²) in [5.74, 6) is 1.60. The Morgan fingerprint density at radius 1 is 1.00 bits per heavy atom. The van der Waals surface area contributed by atoms with Gasteiger partial charge < -0.3 is 24.3 Å². The fourth-order valence-electron chi connectivity index (χ4n) is 3.40. The number of esters is 1. The molecule has 0 aromatic heterocycles. The lowest BCUT2D eigenvalue weighted by Gasteiger charge is -2.24. The molecule has 1 heterocycles. The molecule has 0 radical (unpaired) electrons. The van der Waals surface area contributed by atoms with E-state index in [1.165, 1.54) is 14.0 Å². The second-order valence-corrected chi connectivity index (χ2v) is 7.02. The number of amides is 1. The number of ether oxygens (including phenoxy) is 4. The van der Waals surface area contributed by atoms with Gasteiger partial charge in [0, 0.05) is 29.8 Å². The number of nitrogens with one attached hydrogen (secondary N) is 1. The Hall–Kier alpha value is -3.48. The van der Waals surface area contributed by atoms with E-state index in [1.807, 2.05) is 20.8 Å². The molecule has 0 spiro atoms. The van der Waals surface area contributed by atoms with Crippen LogP contribution in [0.5, 0.6) is 23.0 Å². The molecule has 0 aliphatic carbocycles. The third-order valence-corrected chi connectivity index (χ3v) is 5.10. The molecule has 3 rings (SSSR count). The summed E-state index contributed by atoms with van der Waals surface area (Å²) < 4.78 is 21.8. The highest BCUT2D eigenvalue weighted by molar-refractivity contribution is 6.08. The van der Waals surface area contributed by atoms with Crippen molar-refractivity contribution in [3.8, 4) is 23.0 Å². The van der Waals surface area contributed by atoms with Gasteiger partial charge in [0.1, 0.15) is 18.1 Å². The van der Waals surface area contributed by atoms with Crippen LogP contribution in [-0.2, 0) is 9.59 Å². The summed E-state index contributed by atoms with van der Waals surface area (Å²) >= 11 is 0. The van der Waals surface area contributed by atoms with Gasteiger partial charge in [-0.25, -0.2) is 0 Å². The molecule has 30 heavy (non-hydrogen) atoms. The van der Waals surface area contributed by atoms with Crippen LogP contribution in [0.4, 0.5) is 5.69 Å². The van der Waals surface area contributed by atoms with Gasteiger partial charge in [-0.1, -0.05) is 0 Å². The summed E-state index contributed by atoms with van der Waals surface area (Å²) in [5.41, 5.74) is 4.23. The third kappa shape index (κ3) is 3.96. The van der Waals surface area contributed by atoms with Gasteiger partial charge in [0.2, 0.25) is 0 Å². The maximum atomic E-state index is 12.8. The highest BCUT2D eigenvalue weighted by Gasteiger charge is 2.25. The van der Waals surface area contributed by atoms with Gasteiger partial charge in [-0.15, -0.1) is 0 Å². The van der Waals surface area contributed by atoms with E-state index in [1.54, 1.807) is 31.4 Å². The van der Waals surface area contributed by atoms with Crippen LogP contribution in [0.15, 0.2) is 23.8 Å². The van der Waals surface area contributed by atoms with E-state index >= 15 is 0 Å². The minimum atomic E-state index is -0.396. The van der Waals surface area contributed by atoms with Gasteiger partial charge in [-0.05, 0) is 50.1 Å². The van der Waals surface area contributed by atoms with E-state index in [4.69, 9.17) is 18.9 Å². The molecule has 2 aromatic rings. The van der Waals surface area contributed by atoms with Gasteiger partial charge in [0.15, 0.2) is 11.5 Å². The first kappa shape index (κ1) is 21.2. The van der Waals surface area contributed by atoms with E-state index in [9.17, 15) is 9.59 Å². The molecule has 0 bridgehead atoms. The Labute approximate surface area is 175 Å². The van der Waals surface area contributed by atoms with Crippen molar-refractivity contribution in [3.05, 3.63) is 46.0 Å². The van der Waals surface area contributed by atoms with Crippen molar-refractivity contribution in [1.82, 2.24) is 0 Å². The Balaban J connectivity index is 1.94. The summed E-state index contributed by atoms with van der Waals surface area (Å²) in [5, 5.41) is 2.85. The number of carbonyl (C=O) groups excluding carboxylic acids is 2. The molecular weight excluding hydrogens is 386 g/mol. The Morgan fingerprint density at radius 2 is 1.70 bits per heavy atom. The Kier molecular flexibility index (Phi) is 6.01. The lowest BCUT2D eigenvalue weighted by Crippen LogP contribution is -2.22.